The number of aromatic nitrogens is 2. The van der Waals surface area contributed by atoms with E-state index in [0.29, 0.717) is 16.3 Å². The third-order valence-corrected chi connectivity index (χ3v) is 6.94. The summed E-state index contributed by atoms with van der Waals surface area (Å²) < 4.78 is 28.2. The van der Waals surface area contributed by atoms with Crippen molar-refractivity contribution < 1.29 is 18.2 Å². The zero-order chi connectivity index (χ0) is 21.7. The highest BCUT2D eigenvalue weighted by atomic mass is 32.2. The molecule has 0 aliphatic heterocycles. The van der Waals surface area contributed by atoms with E-state index in [1.54, 1.807) is 5.38 Å². The fourth-order valence-corrected chi connectivity index (χ4v) is 5.16. The van der Waals surface area contributed by atoms with Crippen molar-refractivity contribution >= 4 is 49.8 Å². The van der Waals surface area contributed by atoms with Crippen LogP contribution in [-0.4, -0.2) is 25.1 Å². The number of hydrogen-bond donors (Lipinski definition) is 1. The van der Waals surface area contributed by atoms with Crippen LogP contribution in [0.4, 0.5) is 10.8 Å². The molecule has 0 fully saturated rings. The van der Waals surface area contributed by atoms with E-state index in [2.05, 4.69) is 26.1 Å². The number of nitriles is 1. The van der Waals surface area contributed by atoms with Gasteiger partial charge in [0.25, 0.3) is 5.03 Å². The maximum atomic E-state index is 12.3. The Morgan fingerprint density at radius 2 is 2.07 bits per heavy atom. The average Bonchev–Trinajstić information content (AvgIpc) is 3.19. The molecule has 1 aromatic carbocycles. The van der Waals surface area contributed by atoms with E-state index in [1.807, 2.05) is 19.9 Å². The van der Waals surface area contributed by atoms with Crippen molar-refractivity contribution in [1.29, 1.82) is 5.26 Å². The predicted molar refractivity (Wildman–Crippen MR) is 115 cm³/mol. The van der Waals surface area contributed by atoms with Crippen molar-refractivity contribution in [3.05, 3.63) is 63.5 Å². The molecular weight excluding hydrogens is 442 g/mol. The molecule has 0 aliphatic carbocycles. The number of pyridine rings is 1. The molecule has 0 saturated carbocycles. The normalized spacial score (nSPS) is 11.0. The molecule has 0 saturated heterocycles. The first-order valence-corrected chi connectivity index (χ1v) is 11.9. The number of thioether (sulfide) groups is 1. The molecule has 8 nitrogen and oxygen atoms in total. The van der Waals surface area contributed by atoms with Crippen molar-refractivity contribution in [2.75, 3.05) is 11.1 Å². The Morgan fingerprint density at radius 1 is 1.33 bits per heavy atom. The van der Waals surface area contributed by atoms with Crippen LogP contribution in [-0.2, 0) is 14.8 Å². The summed E-state index contributed by atoms with van der Waals surface area (Å²) >= 11 is 2.35. The summed E-state index contributed by atoms with van der Waals surface area (Å²) in [5, 5.41) is 14.5. The quantitative estimate of drug-likeness (QED) is 0.538. The number of nitrogens with one attached hydrogen (secondary N) is 2. The number of aryl methyl sites for hydroxylation is 2. The topological polar surface area (TPSA) is 128 Å². The average molecular weight is 460 g/mol. The second-order valence-electron chi connectivity index (χ2n) is 6.19. The number of sulfonamides is 1. The van der Waals surface area contributed by atoms with Crippen molar-refractivity contribution in [3.63, 3.8) is 0 Å². The predicted octanol–water partition coefficient (Wildman–Crippen LogP) is 3.57. The Bertz CT molecular complexity index is 1200. The molecule has 30 heavy (non-hydrogen) atoms. The molecule has 154 valence electrons. The molecule has 0 spiro atoms. The minimum atomic E-state index is -3.87. The van der Waals surface area contributed by atoms with Crippen LogP contribution in [0.2, 0.25) is 0 Å². The van der Waals surface area contributed by atoms with Crippen LogP contribution in [0.1, 0.15) is 16.8 Å². The van der Waals surface area contributed by atoms with Gasteiger partial charge in [0.15, 0.2) is 5.69 Å². The lowest BCUT2D eigenvalue weighted by Gasteiger charge is -2.12. The molecule has 11 heteroatoms. The van der Waals surface area contributed by atoms with E-state index in [-0.39, 0.29) is 21.7 Å². The van der Waals surface area contributed by atoms with Crippen molar-refractivity contribution in [1.82, 2.24) is 4.98 Å². The molecule has 2 N–H and O–H groups in total. The number of benzene rings is 1. The number of rotatable bonds is 7. The van der Waals surface area contributed by atoms with Gasteiger partial charge in [-0.05, 0) is 53.9 Å². The minimum absolute atomic E-state index is 0.00794. The second kappa shape index (κ2) is 9.25. The van der Waals surface area contributed by atoms with Gasteiger partial charge in [0.05, 0.1) is 10.6 Å². The first kappa shape index (κ1) is 21.8. The Hall–Kier alpha value is -2.94. The number of nitrogens with zero attached hydrogens (tertiary/aromatic N) is 3. The van der Waals surface area contributed by atoms with Gasteiger partial charge in [-0.15, -0.1) is 0 Å². The monoisotopic (exact) mass is 459 g/mol. The summed E-state index contributed by atoms with van der Waals surface area (Å²) in [6.07, 6.45) is 1.48. The van der Waals surface area contributed by atoms with Crippen molar-refractivity contribution in [2.45, 2.75) is 23.8 Å². The van der Waals surface area contributed by atoms with Crippen LogP contribution in [0, 0.1) is 25.2 Å². The number of hydrogen-bond acceptors (Lipinski definition) is 7. The molecule has 0 atom stereocenters. The molecule has 2 aromatic heterocycles. The zero-order valence-electron chi connectivity index (χ0n) is 16.0. The van der Waals surface area contributed by atoms with E-state index >= 15 is 0 Å². The summed E-state index contributed by atoms with van der Waals surface area (Å²) in [6.45, 7) is 3.73. The van der Waals surface area contributed by atoms with Gasteiger partial charge >= 0.3 is 0 Å². The Kier molecular flexibility index (Phi) is 6.71. The summed E-state index contributed by atoms with van der Waals surface area (Å²) in [5.41, 5.74) is 2.71. The van der Waals surface area contributed by atoms with Gasteiger partial charge in [0.2, 0.25) is 15.9 Å². The lowest BCUT2D eigenvalue weighted by Crippen LogP contribution is -2.18. The number of amides is 1. The van der Waals surface area contributed by atoms with Crippen LogP contribution in [0.5, 0.6) is 0 Å². The molecule has 0 unspecified atom stereocenters. The lowest BCUT2D eigenvalue weighted by molar-refractivity contribution is -0.435. The van der Waals surface area contributed by atoms with E-state index < -0.39 is 10.0 Å². The van der Waals surface area contributed by atoms with Gasteiger partial charge in [0, 0.05) is 23.8 Å². The maximum absolute atomic E-state index is 12.3. The molecule has 0 radical (unpaired) electrons. The summed E-state index contributed by atoms with van der Waals surface area (Å²) in [4.78, 5) is 19.2. The third kappa shape index (κ3) is 5.35. The van der Waals surface area contributed by atoms with E-state index in [0.717, 1.165) is 22.6 Å². The summed E-state index contributed by atoms with van der Waals surface area (Å²) in [5.74, 6) is -0.187. The molecule has 3 aromatic rings. The first-order valence-electron chi connectivity index (χ1n) is 8.62. The molecule has 3 rings (SSSR count). The molecular formula is C19H17N5O3S3. The number of anilines is 1. The van der Waals surface area contributed by atoms with Crippen molar-refractivity contribution in [3.8, 4) is 6.07 Å². The van der Waals surface area contributed by atoms with Crippen molar-refractivity contribution in [2.24, 2.45) is 0 Å². The van der Waals surface area contributed by atoms with Gasteiger partial charge in [-0.25, -0.2) is 13.4 Å². The molecule has 0 bridgehead atoms. The third-order valence-electron chi connectivity index (χ3n) is 3.88. The Morgan fingerprint density at radius 3 is 2.70 bits per heavy atom. The minimum Gasteiger partial charge on any atom is -0.433 e. The fourth-order valence-electron chi connectivity index (χ4n) is 2.56. The van der Waals surface area contributed by atoms with Crippen LogP contribution >= 0.6 is 23.1 Å². The fraction of sp³-hybridized carbons (Fsp3) is 0.158. The first-order chi connectivity index (χ1) is 14.3. The SMILES string of the molecule is Cc1cc(C)c(C#N)c(SCC(=O)Nc2ccc(S(=O)(=O)[N-]c3nccs3)cc2)[nH+]1. The van der Waals surface area contributed by atoms with Gasteiger partial charge in [-0.1, -0.05) is 6.20 Å². The van der Waals surface area contributed by atoms with Gasteiger partial charge in [-0.3, -0.25) is 4.79 Å². The van der Waals surface area contributed by atoms with E-state index in [4.69, 9.17) is 0 Å². The number of carbonyl (C=O) groups excluding carboxylic acids is 1. The van der Waals surface area contributed by atoms with Crippen LogP contribution in [0.3, 0.4) is 0 Å². The Labute approximate surface area is 182 Å². The molecule has 1 amide bonds. The largest absolute Gasteiger partial charge is 0.433 e. The van der Waals surface area contributed by atoms with Gasteiger partial charge in [0.1, 0.15) is 11.6 Å². The smallest absolute Gasteiger partial charge is 0.257 e. The molecule has 0 aliphatic rings. The molecule has 2 heterocycles. The van der Waals surface area contributed by atoms with E-state index in [1.165, 1.54) is 42.2 Å². The number of carbonyl (C=O) groups is 1. The number of thiazole rings is 1. The summed E-state index contributed by atoms with van der Waals surface area (Å²) in [7, 11) is -3.87. The highest BCUT2D eigenvalue weighted by Gasteiger charge is 2.17. The zero-order valence-corrected chi connectivity index (χ0v) is 18.5. The maximum Gasteiger partial charge on any atom is 0.257 e. The number of H-pyrrole nitrogens is 1. The summed E-state index contributed by atoms with van der Waals surface area (Å²) in [6, 6.07) is 9.77. The highest BCUT2D eigenvalue weighted by molar-refractivity contribution is 7.99. The second-order valence-corrected chi connectivity index (χ2v) is 9.66. The van der Waals surface area contributed by atoms with Gasteiger partial charge in [-0.2, -0.15) is 16.6 Å². The number of aromatic amines is 1. The lowest BCUT2D eigenvalue weighted by atomic mass is 10.1. The Balaban J connectivity index is 1.62. The van der Waals surface area contributed by atoms with Crippen LogP contribution in [0.25, 0.3) is 4.72 Å². The van der Waals surface area contributed by atoms with Crippen LogP contribution < -0.4 is 10.3 Å². The highest BCUT2D eigenvalue weighted by Crippen LogP contribution is 2.29. The van der Waals surface area contributed by atoms with E-state index in [9.17, 15) is 18.5 Å². The van der Waals surface area contributed by atoms with Crippen LogP contribution in [0.15, 0.2) is 51.8 Å². The standard InChI is InChI=1S/C19H17N5O3S3/c1-12-9-13(2)22-18(16(12)10-20)29-11-17(25)23-14-3-5-15(6-4-14)30(26,27)24-19-21-7-8-28-19/h3-9H,11H2,1-2H3,(H2,21,23,24,25). The van der Waals surface area contributed by atoms with Gasteiger partial charge < -0.3 is 15.0 Å².